The van der Waals surface area contributed by atoms with Crippen molar-refractivity contribution in [2.45, 2.75) is 0 Å². The third-order valence-electron chi connectivity index (χ3n) is 0. The average molecular weight is 705 g/mol. The second kappa shape index (κ2) is 100. The van der Waals surface area contributed by atoms with Gasteiger partial charge in [-0.2, -0.15) is 0 Å². The van der Waals surface area contributed by atoms with E-state index in [0.29, 0.717) is 0 Å². The molecular weight excluding hydrogens is 691 g/mol. The summed E-state index contributed by atoms with van der Waals surface area (Å²) >= 11 is -4.00. The van der Waals surface area contributed by atoms with Gasteiger partial charge in [0.15, 0.2) is 0 Å². The first-order valence-electron chi connectivity index (χ1n) is 0.816. The third kappa shape index (κ3) is 156. The zero-order valence-electron chi connectivity index (χ0n) is 9.46. The topological polar surface area (TPSA) is 80.3 Å². The maximum absolute atomic E-state index is 8.50. The van der Waals surface area contributed by atoms with Crippen LogP contribution in [0.1, 0.15) is 0 Å². The van der Waals surface area contributed by atoms with Gasteiger partial charge in [0.25, 0.3) is 0 Å². The van der Waals surface area contributed by atoms with Gasteiger partial charge in [-0.1, -0.05) is 0 Å². The fourth-order valence-electron chi connectivity index (χ4n) is 0. The van der Waals surface area contributed by atoms with Gasteiger partial charge in [0, 0.05) is 0 Å². The van der Waals surface area contributed by atoms with E-state index < -0.39 is 31.4 Å². The van der Waals surface area contributed by atoms with Crippen LogP contribution >= 0.6 is 0 Å². The molecule has 0 spiro atoms. The molecule has 0 aromatic heterocycles. The van der Waals surface area contributed by atoms with Crippen LogP contribution in [-0.4, -0.2) is 137 Å². The van der Waals surface area contributed by atoms with Gasteiger partial charge in [0.05, 0.1) is 0 Å². The molecule has 0 rings (SSSR count). The van der Waals surface area contributed by atoms with Gasteiger partial charge in [-0.05, 0) is 0 Å². The molecule has 72 valence electrons. The molecule has 0 aromatic rings. The Morgan fingerprint density at radius 2 is 0.643 bits per heavy atom. The normalized spacial score (nSPS) is 1.71. The Balaban J connectivity index is -0.00000000182. The van der Waals surface area contributed by atoms with Gasteiger partial charge in [-0.3, -0.25) is 0 Å². The summed E-state index contributed by atoms with van der Waals surface area (Å²) in [6, 6.07) is 0. The summed E-state index contributed by atoms with van der Waals surface area (Å²) in [7, 11) is 0. The van der Waals surface area contributed by atoms with E-state index in [-0.39, 0.29) is 165 Å². The summed E-state index contributed by atoms with van der Waals surface area (Å²) in [5.74, 6) is 0. The Kier molecular flexibility index (Phi) is 529. The van der Waals surface area contributed by atoms with E-state index in [2.05, 4.69) is 0 Å². The summed E-state index contributed by atoms with van der Waals surface area (Å²) < 4.78 is 34.0. The minimum absolute atomic E-state index is 0. The van der Waals surface area contributed by atoms with Crippen LogP contribution in [0, 0.1) is 0 Å². The van der Waals surface area contributed by atoms with Crippen LogP contribution in [0.5, 0.6) is 0 Å². The molecule has 0 saturated heterocycles. The monoisotopic (exact) mass is 715 g/mol. The van der Waals surface area contributed by atoms with Crippen molar-refractivity contribution in [3.05, 3.63) is 0 Å². The molecule has 0 amide bonds. The van der Waals surface area contributed by atoms with Crippen molar-refractivity contribution < 1.29 is 74.9 Å². The van der Waals surface area contributed by atoms with Crippen LogP contribution in [0.15, 0.2) is 0 Å². The predicted octanol–water partition coefficient (Wildman–Crippen LogP) is -15.4. The molecule has 0 aliphatic rings. The van der Waals surface area contributed by atoms with E-state index in [0.717, 1.165) is 0 Å². The fraction of sp³-hybridized carbons (Fsp3) is 0. The van der Waals surface area contributed by atoms with Crippen molar-refractivity contribution in [2.24, 2.45) is 0 Å². The van der Waals surface area contributed by atoms with Crippen LogP contribution in [0.2, 0.25) is 0 Å². The van der Waals surface area contributed by atoms with Gasteiger partial charge in [0.1, 0.15) is 0 Å². The van der Waals surface area contributed by atoms with E-state index in [1.165, 1.54) is 0 Å². The Morgan fingerprint density at radius 1 is 0.643 bits per heavy atom. The van der Waals surface area contributed by atoms with Gasteiger partial charge in [-0.15, -0.1) is 0 Å². The molecular formula is H14Ge8Na2O4. The Morgan fingerprint density at radius 3 is 0.643 bits per heavy atom. The van der Waals surface area contributed by atoms with Crippen LogP contribution in [0.4, 0.5) is 0 Å². The molecule has 0 fully saturated rings. The summed E-state index contributed by atoms with van der Waals surface area (Å²) in [6.07, 6.45) is 0. The van der Waals surface area contributed by atoms with Crippen molar-refractivity contribution >= 4 is 137 Å². The molecule has 0 N–H and O–H groups in total. The van der Waals surface area contributed by atoms with E-state index in [1.807, 2.05) is 0 Å². The molecule has 0 bridgehead atoms. The zero-order valence-corrected chi connectivity index (χ0v) is 37.9. The van der Waals surface area contributed by atoms with Crippen molar-refractivity contribution in [3.8, 4) is 0 Å². The molecule has 14 heavy (non-hydrogen) atoms. The van der Waals surface area contributed by atoms with Crippen molar-refractivity contribution in [1.29, 1.82) is 0 Å². The molecule has 0 saturated carbocycles. The third-order valence-corrected chi connectivity index (χ3v) is 0. The molecule has 4 nitrogen and oxygen atoms in total. The summed E-state index contributed by atoms with van der Waals surface area (Å²) in [4.78, 5) is 0. The second-order valence-electron chi connectivity index (χ2n) is 0.167. The van der Waals surface area contributed by atoms with Crippen LogP contribution in [-0.2, 0) is 7.56 Å². The maximum atomic E-state index is 8.50. The van der Waals surface area contributed by atoms with E-state index in [4.69, 9.17) is 15.8 Å². The Hall–Kier alpha value is 5.54. The summed E-state index contributed by atoms with van der Waals surface area (Å²) in [5.41, 5.74) is 0. The molecule has 0 aromatic carbocycles. The Labute approximate surface area is 207 Å². The van der Waals surface area contributed by atoms with Crippen LogP contribution in [0.25, 0.3) is 0 Å². The van der Waals surface area contributed by atoms with Crippen molar-refractivity contribution in [2.75, 3.05) is 0 Å². The summed E-state index contributed by atoms with van der Waals surface area (Å²) in [5, 5.41) is 0. The van der Waals surface area contributed by atoms with Gasteiger partial charge >= 0.3 is 212 Å². The number of hydrogen-bond acceptors (Lipinski definition) is 4. The molecule has 0 aliphatic carbocycles. The van der Waals surface area contributed by atoms with Crippen molar-refractivity contribution in [1.82, 2.24) is 0 Å². The molecule has 12 radical (unpaired) electrons. The Bertz CT molecular complexity index is 40.3. The standard InChI is InChI=1S/2GeO2.2GeH3.4GeH2.2Na/c2*2-1-3;;;;;;;;/h;;2*1H3;4*1H2;;/q2*-1;;;;;;;2*+1. The van der Waals surface area contributed by atoms with Gasteiger partial charge in [0.2, 0.25) is 0 Å². The van der Waals surface area contributed by atoms with Gasteiger partial charge < -0.3 is 0 Å². The fourth-order valence-corrected chi connectivity index (χ4v) is 0. The average Bonchev–Trinajstić information content (AvgIpc) is 1.39. The van der Waals surface area contributed by atoms with E-state index >= 15 is 0 Å². The molecule has 0 aliphatic heterocycles. The van der Waals surface area contributed by atoms with Crippen molar-refractivity contribution in [3.63, 3.8) is 0 Å². The van der Waals surface area contributed by atoms with Crippen LogP contribution < -0.4 is 67.4 Å². The first-order chi connectivity index (χ1) is 2.83. The first kappa shape index (κ1) is 73.8. The molecule has 14 heteroatoms. The quantitative estimate of drug-likeness (QED) is 0.235. The van der Waals surface area contributed by atoms with Crippen LogP contribution in [0.3, 0.4) is 0 Å². The second-order valence-corrected chi connectivity index (χ2v) is 0.866. The molecule has 0 atom stereocenters. The first-order valence-corrected chi connectivity index (χ1v) is 4.24. The SMILES string of the molecule is [GeH2].[GeH2].[GeH2].[GeH2].[GeH3].[GeH3].[Na+].[Na+].[O]=[Ge][O-].[O]=[Ge][O-]. The zero-order chi connectivity index (χ0) is 5.41. The minimum atomic E-state index is -2.00. The van der Waals surface area contributed by atoms with E-state index in [9.17, 15) is 0 Å². The molecule has 0 heterocycles. The summed E-state index contributed by atoms with van der Waals surface area (Å²) in [6.45, 7) is 0. The predicted molar refractivity (Wildman–Crippen MR) is 66.9 cm³/mol. The number of rotatable bonds is 0. The van der Waals surface area contributed by atoms with Gasteiger partial charge in [-0.25, -0.2) is 0 Å². The molecule has 0 unspecified atom stereocenters. The van der Waals surface area contributed by atoms with E-state index in [1.54, 1.807) is 0 Å². The number of hydrogen-bond donors (Lipinski definition) is 0.